The monoisotopic (exact) mass is 340 g/mol. The number of furan rings is 1. The molecule has 2 amide bonds. The Hall–Kier alpha value is -1.50. The van der Waals surface area contributed by atoms with Crippen molar-refractivity contribution in [1.29, 1.82) is 0 Å². The van der Waals surface area contributed by atoms with Gasteiger partial charge in [-0.1, -0.05) is 12.8 Å². The van der Waals surface area contributed by atoms with E-state index in [-0.39, 0.29) is 29.6 Å². The number of hydrogen-bond acceptors (Lipinski definition) is 4. The zero-order valence-electron chi connectivity index (χ0n) is 13.5. The normalized spacial score (nSPS) is 27.6. The van der Waals surface area contributed by atoms with Gasteiger partial charge in [-0.05, 0) is 38.3 Å². The van der Waals surface area contributed by atoms with E-state index in [1.807, 2.05) is 24.0 Å². The van der Waals surface area contributed by atoms with E-state index in [1.165, 1.54) is 0 Å². The number of likely N-dealkylation sites (tertiary alicyclic amines) is 1. The molecule has 0 aromatic carbocycles. The van der Waals surface area contributed by atoms with Crippen LogP contribution >= 0.6 is 0 Å². The minimum atomic E-state index is -2.99. The Balaban J connectivity index is 1.72. The van der Waals surface area contributed by atoms with Crippen LogP contribution in [0.15, 0.2) is 16.5 Å². The zero-order valence-corrected chi connectivity index (χ0v) is 14.3. The van der Waals surface area contributed by atoms with Gasteiger partial charge in [0.15, 0.2) is 9.84 Å². The molecular weight excluding hydrogens is 316 g/mol. The fourth-order valence-electron chi connectivity index (χ4n) is 3.45. The van der Waals surface area contributed by atoms with Crippen LogP contribution in [0.3, 0.4) is 0 Å². The SMILES string of the molecule is Cc1ccc([C@@H]2CCCCCN2C(=O)N[C@H]2CCS(=O)(=O)C2)o1. The lowest BCUT2D eigenvalue weighted by atomic mass is 10.1. The van der Waals surface area contributed by atoms with E-state index in [9.17, 15) is 13.2 Å². The van der Waals surface area contributed by atoms with E-state index in [1.54, 1.807) is 0 Å². The summed E-state index contributed by atoms with van der Waals surface area (Å²) in [4.78, 5) is 14.5. The molecule has 3 heterocycles. The standard InChI is InChI=1S/C16H24N2O4S/c1-12-6-7-15(22-12)14-5-3-2-4-9-18(14)16(19)17-13-8-10-23(20,21)11-13/h6-7,13-14H,2-5,8-11H2,1H3,(H,17,19)/t13-,14-/m0/s1. The van der Waals surface area contributed by atoms with Gasteiger partial charge in [-0.15, -0.1) is 0 Å². The first-order chi connectivity index (χ1) is 10.9. The second kappa shape index (κ2) is 6.55. The molecule has 0 radical (unpaired) electrons. The van der Waals surface area contributed by atoms with Crippen molar-refractivity contribution in [2.75, 3.05) is 18.1 Å². The number of urea groups is 1. The Morgan fingerprint density at radius 1 is 1.26 bits per heavy atom. The summed E-state index contributed by atoms with van der Waals surface area (Å²) in [6.45, 7) is 2.57. The number of hydrogen-bond donors (Lipinski definition) is 1. The predicted molar refractivity (Wildman–Crippen MR) is 87.0 cm³/mol. The first-order valence-corrected chi connectivity index (χ1v) is 10.1. The number of amides is 2. The van der Waals surface area contributed by atoms with Crippen LogP contribution in [0.4, 0.5) is 4.79 Å². The Bertz CT molecular complexity index is 667. The molecule has 3 rings (SSSR count). The van der Waals surface area contributed by atoms with Crippen LogP contribution in [-0.4, -0.2) is 43.4 Å². The smallest absolute Gasteiger partial charge is 0.318 e. The van der Waals surface area contributed by atoms with Crippen molar-refractivity contribution in [3.8, 4) is 0 Å². The number of rotatable bonds is 2. The highest BCUT2D eigenvalue weighted by Crippen LogP contribution is 2.31. The van der Waals surface area contributed by atoms with Crippen LogP contribution in [0, 0.1) is 6.92 Å². The van der Waals surface area contributed by atoms with Crippen LogP contribution in [0.25, 0.3) is 0 Å². The maximum absolute atomic E-state index is 12.7. The van der Waals surface area contributed by atoms with Gasteiger partial charge in [0.25, 0.3) is 0 Å². The second-order valence-corrected chi connectivity index (χ2v) is 8.79. The van der Waals surface area contributed by atoms with Crippen molar-refractivity contribution < 1.29 is 17.6 Å². The summed E-state index contributed by atoms with van der Waals surface area (Å²) in [5, 5.41) is 2.90. The number of sulfone groups is 1. The van der Waals surface area contributed by atoms with Crippen molar-refractivity contribution in [2.45, 2.75) is 51.1 Å². The molecule has 2 aliphatic rings. The Morgan fingerprint density at radius 3 is 2.74 bits per heavy atom. The molecule has 6 nitrogen and oxygen atoms in total. The average Bonchev–Trinajstić information content (AvgIpc) is 2.95. The highest BCUT2D eigenvalue weighted by atomic mass is 32.2. The largest absolute Gasteiger partial charge is 0.464 e. The molecule has 7 heteroatoms. The van der Waals surface area contributed by atoms with Crippen molar-refractivity contribution >= 4 is 15.9 Å². The van der Waals surface area contributed by atoms with Crippen molar-refractivity contribution in [3.63, 3.8) is 0 Å². The van der Waals surface area contributed by atoms with Gasteiger partial charge < -0.3 is 14.6 Å². The van der Waals surface area contributed by atoms with Crippen molar-refractivity contribution in [3.05, 3.63) is 23.7 Å². The van der Waals surface area contributed by atoms with E-state index in [2.05, 4.69) is 5.32 Å². The van der Waals surface area contributed by atoms with Crippen molar-refractivity contribution in [1.82, 2.24) is 10.2 Å². The Morgan fingerprint density at radius 2 is 2.09 bits per heavy atom. The average molecular weight is 340 g/mol. The van der Waals surface area contributed by atoms with Crippen LogP contribution in [0.2, 0.25) is 0 Å². The van der Waals surface area contributed by atoms with Crippen LogP contribution in [0.1, 0.15) is 49.7 Å². The third-order valence-electron chi connectivity index (χ3n) is 4.66. The number of aryl methyl sites for hydroxylation is 1. The molecule has 2 atom stereocenters. The molecule has 23 heavy (non-hydrogen) atoms. The van der Waals surface area contributed by atoms with E-state index >= 15 is 0 Å². The highest BCUT2D eigenvalue weighted by Gasteiger charge is 2.33. The molecule has 1 aromatic heterocycles. The number of carbonyl (C=O) groups is 1. The molecule has 0 spiro atoms. The third kappa shape index (κ3) is 3.88. The highest BCUT2D eigenvalue weighted by molar-refractivity contribution is 7.91. The molecule has 0 bridgehead atoms. The maximum atomic E-state index is 12.7. The van der Waals surface area contributed by atoms with Gasteiger partial charge in [-0.25, -0.2) is 13.2 Å². The molecular formula is C16H24N2O4S. The lowest BCUT2D eigenvalue weighted by molar-refractivity contribution is 0.163. The van der Waals surface area contributed by atoms with Gasteiger partial charge in [-0.3, -0.25) is 0 Å². The minimum Gasteiger partial charge on any atom is -0.464 e. The summed E-state index contributed by atoms with van der Waals surface area (Å²) in [6.07, 6.45) is 4.51. The molecule has 0 aliphatic carbocycles. The topological polar surface area (TPSA) is 79.6 Å². The summed E-state index contributed by atoms with van der Waals surface area (Å²) >= 11 is 0. The maximum Gasteiger partial charge on any atom is 0.318 e. The van der Waals surface area contributed by atoms with Crippen LogP contribution in [-0.2, 0) is 9.84 Å². The molecule has 1 N–H and O–H groups in total. The van der Waals surface area contributed by atoms with Gasteiger partial charge in [0, 0.05) is 12.6 Å². The van der Waals surface area contributed by atoms with E-state index in [0.29, 0.717) is 13.0 Å². The fraction of sp³-hybridized carbons (Fsp3) is 0.688. The van der Waals surface area contributed by atoms with Gasteiger partial charge >= 0.3 is 6.03 Å². The van der Waals surface area contributed by atoms with Gasteiger partial charge in [0.1, 0.15) is 11.5 Å². The van der Waals surface area contributed by atoms with E-state index < -0.39 is 9.84 Å². The quantitative estimate of drug-likeness (QED) is 0.896. The molecule has 2 fully saturated rings. The molecule has 2 saturated heterocycles. The summed E-state index contributed by atoms with van der Waals surface area (Å²) in [6, 6.07) is 3.35. The summed E-state index contributed by atoms with van der Waals surface area (Å²) in [7, 11) is -2.99. The summed E-state index contributed by atoms with van der Waals surface area (Å²) in [5.74, 6) is 1.88. The minimum absolute atomic E-state index is 0.0527. The number of nitrogens with one attached hydrogen (secondary N) is 1. The molecule has 1 aromatic rings. The van der Waals surface area contributed by atoms with Crippen molar-refractivity contribution in [2.24, 2.45) is 0 Å². The van der Waals surface area contributed by atoms with E-state index in [4.69, 9.17) is 4.42 Å². The lowest BCUT2D eigenvalue weighted by Gasteiger charge is -2.30. The first-order valence-electron chi connectivity index (χ1n) is 8.28. The third-order valence-corrected chi connectivity index (χ3v) is 6.43. The summed E-state index contributed by atoms with van der Waals surface area (Å²) < 4.78 is 28.9. The fourth-order valence-corrected chi connectivity index (χ4v) is 5.12. The lowest BCUT2D eigenvalue weighted by Crippen LogP contribution is -2.46. The Labute approximate surface area is 137 Å². The Kier molecular flexibility index (Phi) is 4.66. The molecule has 0 saturated carbocycles. The van der Waals surface area contributed by atoms with Gasteiger partial charge in [-0.2, -0.15) is 0 Å². The van der Waals surface area contributed by atoms with Gasteiger partial charge in [0.05, 0.1) is 17.5 Å². The zero-order chi connectivity index (χ0) is 16.4. The number of nitrogens with zero attached hydrogens (tertiary/aromatic N) is 1. The van der Waals surface area contributed by atoms with E-state index in [0.717, 1.165) is 37.2 Å². The van der Waals surface area contributed by atoms with Crippen LogP contribution in [0.5, 0.6) is 0 Å². The second-order valence-electron chi connectivity index (χ2n) is 6.56. The molecule has 2 aliphatic heterocycles. The summed E-state index contributed by atoms with van der Waals surface area (Å²) in [5.41, 5.74) is 0. The van der Waals surface area contributed by atoms with Crippen LogP contribution < -0.4 is 5.32 Å². The number of carbonyl (C=O) groups excluding carboxylic acids is 1. The molecule has 0 unspecified atom stereocenters. The predicted octanol–water partition coefficient (Wildman–Crippen LogP) is 2.40. The first kappa shape index (κ1) is 16.4. The van der Waals surface area contributed by atoms with Gasteiger partial charge in [0.2, 0.25) is 0 Å². The molecule has 128 valence electrons.